The minimum absolute atomic E-state index is 0.0682. The van der Waals surface area contributed by atoms with Crippen molar-refractivity contribution in [3.8, 4) is 23.4 Å². The van der Waals surface area contributed by atoms with Crippen LogP contribution in [0.3, 0.4) is 0 Å². The van der Waals surface area contributed by atoms with Gasteiger partial charge in [0.05, 0.1) is 32.9 Å². The molecule has 2 rings (SSSR count). The molecule has 1 aromatic heterocycles. The summed E-state index contributed by atoms with van der Waals surface area (Å²) >= 11 is 0. The van der Waals surface area contributed by atoms with E-state index < -0.39 is 0 Å². The number of nitrogens with two attached hydrogens (primary N) is 1. The van der Waals surface area contributed by atoms with Crippen LogP contribution in [-0.2, 0) is 11.2 Å². The number of nitrogens with zero attached hydrogens (tertiary/aromatic N) is 2. The predicted octanol–water partition coefficient (Wildman–Crippen LogP) is 2.13. The number of nitriles is 1. The van der Waals surface area contributed by atoms with E-state index in [0.717, 1.165) is 0 Å². The summed E-state index contributed by atoms with van der Waals surface area (Å²) in [6.45, 7) is 2.09. The number of nitrogens with one attached hydrogen (secondary N) is 1. The minimum atomic E-state index is -0.312. The van der Waals surface area contributed by atoms with Crippen molar-refractivity contribution in [3.05, 3.63) is 35.4 Å². The zero-order chi connectivity index (χ0) is 19.1. The van der Waals surface area contributed by atoms with Crippen molar-refractivity contribution >= 4 is 17.4 Å². The number of nitrogen functional groups attached to an aromatic ring is 1. The second-order valence-corrected chi connectivity index (χ2v) is 5.22. The lowest BCUT2D eigenvalue weighted by Gasteiger charge is -2.12. The topological polar surface area (TPSA) is 119 Å². The summed E-state index contributed by atoms with van der Waals surface area (Å²) in [6.07, 6.45) is 0.0682. The number of carbonyl (C=O) groups is 1. The summed E-state index contributed by atoms with van der Waals surface area (Å²) in [6, 6.07) is 8.56. The molecule has 0 saturated carbocycles. The van der Waals surface area contributed by atoms with Crippen LogP contribution in [0.1, 0.15) is 18.1 Å². The van der Waals surface area contributed by atoms with Gasteiger partial charge in [0, 0.05) is 17.7 Å². The zero-order valence-electron chi connectivity index (χ0n) is 14.8. The molecule has 0 saturated heterocycles. The number of hydrogen-bond acceptors (Lipinski definition) is 7. The predicted molar refractivity (Wildman–Crippen MR) is 96.4 cm³/mol. The van der Waals surface area contributed by atoms with Crippen molar-refractivity contribution in [3.63, 3.8) is 0 Å². The maximum Gasteiger partial charge on any atom is 0.235 e. The second-order valence-electron chi connectivity index (χ2n) is 5.22. The lowest BCUT2D eigenvalue weighted by Crippen LogP contribution is -2.16. The van der Waals surface area contributed by atoms with Crippen LogP contribution < -0.4 is 25.3 Å². The molecule has 0 spiro atoms. The van der Waals surface area contributed by atoms with Crippen molar-refractivity contribution < 1.29 is 19.0 Å². The minimum Gasteiger partial charge on any atom is -0.497 e. The number of anilines is 2. The molecule has 0 aliphatic heterocycles. The summed E-state index contributed by atoms with van der Waals surface area (Å²) in [5.41, 5.74) is 6.86. The van der Waals surface area contributed by atoms with Gasteiger partial charge in [-0.05, 0) is 13.0 Å². The Hall–Kier alpha value is -3.47. The summed E-state index contributed by atoms with van der Waals surface area (Å²) in [5, 5.41) is 11.8. The van der Waals surface area contributed by atoms with E-state index in [1.165, 1.54) is 13.2 Å². The number of amides is 1. The van der Waals surface area contributed by atoms with Gasteiger partial charge in [0.1, 0.15) is 28.9 Å². The highest BCUT2D eigenvalue weighted by atomic mass is 16.5. The summed E-state index contributed by atoms with van der Waals surface area (Å²) < 4.78 is 15.7. The molecule has 3 N–H and O–H groups in total. The number of hydrogen-bond donors (Lipinski definition) is 2. The molecule has 0 radical (unpaired) electrons. The fourth-order valence-electron chi connectivity index (χ4n) is 2.32. The molecule has 26 heavy (non-hydrogen) atoms. The van der Waals surface area contributed by atoms with Gasteiger partial charge < -0.3 is 25.3 Å². The number of methoxy groups -OCH3 is 2. The standard InChI is InChI=1S/C18H20N4O4/c1-4-26-18-13(10-19)14(20)9-16(22-18)21-17(23)7-11-5-6-12(24-2)8-15(11)25-3/h5-6,8-9H,4,7H2,1-3H3,(H3,20,21,22,23). The van der Waals surface area contributed by atoms with E-state index in [1.807, 2.05) is 6.07 Å². The third-order valence-corrected chi connectivity index (χ3v) is 3.52. The molecule has 0 aliphatic rings. The Kier molecular flexibility index (Phi) is 6.22. The zero-order valence-corrected chi connectivity index (χ0v) is 14.8. The van der Waals surface area contributed by atoms with Crippen molar-refractivity contribution in [1.29, 1.82) is 5.26 Å². The van der Waals surface area contributed by atoms with E-state index in [9.17, 15) is 4.79 Å². The molecule has 2 aromatic rings. The smallest absolute Gasteiger partial charge is 0.235 e. The van der Waals surface area contributed by atoms with Crippen molar-refractivity contribution in [1.82, 2.24) is 4.98 Å². The molecule has 0 bridgehead atoms. The largest absolute Gasteiger partial charge is 0.497 e. The molecule has 8 heteroatoms. The number of aromatic nitrogens is 1. The van der Waals surface area contributed by atoms with Crippen LogP contribution in [0.2, 0.25) is 0 Å². The van der Waals surface area contributed by atoms with Crippen LogP contribution in [0.15, 0.2) is 24.3 Å². The lowest BCUT2D eigenvalue weighted by atomic mass is 10.1. The van der Waals surface area contributed by atoms with Crippen LogP contribution in [0.5, 0.6) is 17.4 Å². The monoisotopic (exact) mass is 356 g/mol. The van der Waals surface area contributed by atoms with E-state index in [-0.39, 0.29) is 35.3 Å². The van der Waals surface area contributed by atoms with Crippen LogP contribution in [0.25, 0.3) is 0 Å². The fourth-order valence-corrected chi connectivity index (χ4v) is 2.32. The molecule has 1 heterocycles. The Labute approximate surface area is 151 Å². The first kappa shape index (κ1) is 18.9. The maximum absolute atomic E-state index is 12.4. The molecule has 136 valence electrons. The van der Waals surface area contributed by atoms with Crippen LogP contribution in [-0.4, -0.2) is 31.7 Å². The van der Waals surface area contributed by atoms with Gasteiger partial charge in [-0.25, -0.2) is 0 Å². The molecule has 0 aliphatic carbocycles. The van der Waals surface area contributed by atoms with Gasteiger partial charge in [-0.15, -0.1) is 0 Å². The molecular weight excluding hydrogens is 336 g/mol. The van der Waals surface area contributed by atoms with Gasteiger partial charge in [0.15, 0.2) is 0 Å². The number of benzene rings is 1. The van der Waals surface area contributed by atoms with E-state index in [2.05, 4.69) is 10.3 Å². The highest BCUT2D eigenvalue weighted by molar-refractivity contribution is 5.92. The average Bonchev–Trinajstić information content (AvgIpc) is 2.62. The van der Waals surface area contributed by atoms with Gasteiger partial charge >= 0.3 is 0 Å². The normalized spacial score (nSPS) is 9.92. The molecule has 0 unspecified atom stereocenters. The Bertz CT molecular complexity index is 846. The highest BCUT2D eigenvalue weighted by Gasteiger charge is 2.15. The van der Waals surface area contributed by atoms with Crippen molar-refractivity contribution in [2.75, 3.05) is 31.9 Å². The van der Waals surface area contributed by atoms with Gasteiger partial charge in [0.25, 0.3) is 0 Å². The van der Waals surface area contributed by atoms with E-state index in [4.69, 9.17) is 25.2 Å². The van der Waals surface area contributed by atoms with Crippen LogP contribution >= 0.6 is 0 Å². The van der Waals surface area contributed by atoms with E-state index in [1.54, 1.807) is 32.2 Å². The van der Waals surface area contributed by atoms with Crippen molar-refractivity contribution in [2.45, 2.75) is 13.3 Å². The average molecular weight is 356 g/mol. The summed E-state index contributed by atoms with van der Waals surface area (Å²) in [5.74, 6) is 1.16. The third kappa shape index (κ3) is 4.33. The first-order valence-corrected chi connectivity index (χ1v) is 7.86. The van der Waals surface area contributed by atoms with Crippen LogP contribution in [0.4, 0.5) is 11.5 Å². The van der Waals surface area contributed by atoms with Crippen molar-refractivity contribution in [2.24, 2.45) is 0 Å². The quantitative estimate of drug-likeness (QED) is 0.780. The number of carbonyl (C=O) groups excluding carboxylic acids is 1. The Balaban J connectivity index is 2.19. The Morgan fingerprint density at radius 1 is 1.31 bits per heavy atom. The molecule has 1 amide bonds. The third-order valence-electron chi connectivity index (χ3n) is 3.52. The van der Waals surface area contributed by atoms with E-state index >= 15 is 0 Å². The molecule has 0 atom stereocenters. The van der Waals surface area contributed by atoms with Gasteiger partial charge in [-0.3, -0.25) is 4.79 Å². The van der Waals surface area contributed by atoms with E-state index in [0.29, 0.717) is 23.7 Å². The molecular formula is C18H20N4O4. The SMILES string of the molecule is CCOc1nc(NC(=O)Cc2ccc(OC)cc2OC)cc(N)c1C#N. The fraction of sp³-hybridized carbons (Fsp3) is 0.278. The van der Waals surface area contributed by atoms with Gasteiger partial charge in [-0.2, -0.15) is 10.2 Å². The first-order chi connectivity index (χ1) is 12.5. The Morgan fingerprint density at radius 3 is 2.69 bits per heavy atom. The van der Waals surface area contributed by atoms with Gasteiger partial charge in [0.2, 0.25) is 11.8 Å². The molecule has 1 aromatic carbocycles. The van der Waals surface area contributed by atoms with Gasteiger partial charge in [-0.1, -0.05) is 6.07 Å². The molecule has 8 nitrogen and oxygen atoms in total. The first-order valence-electron chi connectivity index (χ1n) is 7.86. The van der Waals surface area contributed by atoms with Crippen LogP contribution in [0, 0.1) is 11.3 Å². The number of rotatable bonds is 7. The highest BCUT2D eigenvalue weighted by Crippen LogP contribution is 2.27. The summed E-state index contributed by atoms with van der Waals surface area (Å²) in [4.78, 5) is 16.5. The number of pyridine rings is 1. The maximum atomic E-state index is 12.4. The molecule has 0 fully saturated rings. The number of ether oxygens (including phenoxy) is 3. The summed E-state index contributed by atoms with van der Waals surface area (Å²) in [7, 11) is 3.07. The Morgan fingerprint density at radius 2 is 2.08 bits per heavy atom. The second kappa shape index (κ2) is 8.58. The lowest BCUT2D eigenvalue weighted by molar-refractivity contribution is -0.115.